The SMILES string of the molecule is COc1ccc(I)c(Sc2nc3c(N)ncnc3n2CCCNC(C)(C)C)c1.O=P(O)(O)O. The van der Waals surface area contributed by atoms with Crippen molar-refractivity contribution in [1.82, 2.24) is 24.8 Å². The lowest BCUT2D eigenvalue weighted by Crippen LogP contribution is -2.36. The van der Waals surface area contributed by atoms with Crippen molar-refractivity contribution in [2.75, 3.05) is 19.4 Å². The van der Waals surface area contributed by atoms with E-state index in [-0.39, 0.29) is 5.54 Å². The molecule has 2 heterocycles. The number of fused-ring (bicyclic) bond motifs is 1. The average Bonchev–Trinajstić information content (AvgIpc) is 3.03. The molecule has 0 atom stereocenters. The molecule has 33 heavy (non-hydrogen) atoms. The van der Waals surface area contributed by atoms with E-state index < -0.39 is 7.82 Å². The van der Waals surface area contributed by atoms with Gasteiger partial charge in [-0.3, -0.25) is 0 Å². The van der Waals surface area contributed by atoms with Gasteiger partial charge in [0, 0.05) is 20.5 Å². The Hall–Kier alpha value is -1.48. The topological polar surface area (TPSA) is 169 Å². The number of aryl methyl sites for hydroxylation is 1. The predicted molar refractivity (Wildman–Crippen MR) is 136 cm³/mol. The third kappa shape index (κ3) is 9.35. The summed E-state index contributed by atoms with van der Waals surface area (Å²) in [6, 6.07) is 6.01. The van der Waals surface area contributed by atoms with E-state index in [4.69, 9.17) is 34.7 Å². The van der Waals surface area contributed by atoms with Gasteiger partial charge in [0.1, 0.15) is 12.1 Å². The van der Waals surface area contributed by atoms with Crippen LogP contribution in [0.3, 0.4) is 0 Å². The first-order valence-electron chi connectivity index (χ1n) is 9.80. The first-order chi connectivity index (χ1) is 15.3. The van der Waals surface area contributed by atoms with Crippen LogP contribution in [0.25, 0.3) is 11.2 Å². The molecular formula is C19H28IN6O5PS. The van der Waals surface area contributed by atoms with E-state index >= 15 is 0 Å². The summed E-state index contributed by atoms with van der Waals surface area (Å²) in [4.78, 5) is 35.9. The summed E-state index contributed by atoms with van der Waals surface area (Å²) in [5.41, 5.74) is 7.56. The number of ether oxygens (including phenoxy) is 1. The van der Waals surface area contributed by atoms with Gasteiger partial charge in [-0.2, -0.15) is 0 Å². The van der Waals surface area contributed by atoms with Gasteiger partial charge in [0.15, 0.2) is 22.1 Å². The molecule has 14 heteroatoms. The molecule has 6 N–H and O–H groups in total. The van der Waals surface area contributed by atoms with E-state index in [1.54, 1.807) is 18.9 Å². The normalized spacial score (nSPS) is 11.9. The van der Waals surface area contributed by atoms with Crippen LogP contribution in [0, 0.1) is 3.57 Å². The molecule has 0 fully saturated rings. The number of anilines is 1. The maximum Gasteiger partial charge on any atom is 0.466 e. The molecule has 0 unspecified atom stereocenters. The van der Waals surface area contributed by atoms with Crippen LogP contribution < -0.4 is 15.8 Å². The number of nitrogen functional groups attached to an aromatic ring is 1. The van der Waals surface area contributed by atoms with E-state index in [2.05, 4.69) is 63.2 Å². The molecule has 3 aromatic rings. The number of phosphoric acid groups is 1. The highest BCUT2D eigenvalue weighted by Crippen LogP contribution is 2.35. The van der Waals surface area contributed by atoms with Crippen LogP contribution in [-0.4, -0.2) is 53.4 Å². The Balaban J connectivity index is 0.000000696. The minimum absolute atomic E-state index is 0.0951. The number of nitrogens with zero attached hydrogens (tertiary/aromatic N) is 4. The Kier molecular flexibility index (Phi) is 9.91. The number of nitrogens with one attached hydrogen (secondary N) is 1. The zero-order chi connectivity index (χ0) is 24.8. The molecule has 0 saturated heterocycles. The molecule has 1 aromatic carbocycles. The molecule has 0 aliphatic heterocycles. The van der Waals surface area contributed by atoms with Gasteiger partial charge in [0.05, 0.1) is 7.11 Å². The number of hydrogen-bond donors (Lipinski definition) is 5. The first-order valence-corrected chi connectivity index (χ1v) is 13.3. The second-order valence-corrected chi connectivity index (χ2v) is 11.1. The fraction of sp³-hybridized carbons (Fsp3) is 0.421. The summed E-state index contributed by atoms with van der Waals surface area (Å²) in [7, 11) is -2.97. The highest BCUT2D eigenvalue weighted by molar-refractivity contribution is 14.1. The van der Waals surface area contributed by atoms with E-state index in [0.29, 0.717) is 11.3 Å². The number of hydrogen-bond acceptors (Lipinski definition) is 8. The molecule has 2 aromatic heterocycles. The van der Waals surface area contributed by atoms with Crippen molar-refractivity contribution >= 4 is 59.2 Å². The molecule has 0 aliphatic carbocycles. The van der Waals surface area contributed by atoms with Gasteiger partial charge in [-0.15, -0.1) is 0 Å². The second kappa shape index (κ2) is 11.8. The van der Waals surface area contributed by atoms with Crippen molar-refractivity contribution in [3.8, 4) is 5.75 Å². The van der Waals surface area contributed by atoms with Crippen LogP contribution >= 0.6 is 42.2 Å². The first kappa shape index (κ1) is 27.8. The molecule has 0 amide bonds. The summed E-state index contributed by atoms with van der Waals surface area (Å²) < 4.78 is 17.5. The Morgan fingerprint density at radius 3 is 2.55 bits per heavy atom. The summed E-state index contributed by atoms with van der Waals surface area (Å²) in [5, 5.41) is 4.37. The smallest absolute Gasteiger partial charge is 0.466 e. The molecule has 11 nitrogen and oxygen atoms in total. The fourth-order valence-electron chi connectivity index (χ4n) is 2.70. The highest BCUT2D eigenvalue weighted by Gasteiger charge is 2.17. The van der Waals surface area contributed by atoms with Gasteiger partial charge in [0.25, 0.3) is 0 Å². The Morgan fingerprint density at radius 1 is 1.27 bits per heavy atom. The Labute approximate surface area is 209 Å². The zero-order valence-corrected chi connectivity index (χ0v) is 22.6. The molecule has 0 aliphatic rings. The maximum absolute atomic E-state index is 8.88. The lowest BCUT2D eigenvalue weighted by atomic mass is 10.1. The zero-order valence-electron chi connectivity index (χ0n) is 18.7. The van der Waals surface area contributed by atoms with E-state index in [0.717, 1.165) is 44.5 Å². The predicted octanol–water partition coefficient (Wildman–Crippen LogP) is 3.02. The summed E-state index contributed by atoms with van der Waals surface area (Å²) in [6.45, 7) is 8.20. The van der Waals surface area contributed by atoms with Crippen LogP contribution in [0.1, 0.15) is 27.2 Å². The lowest BCUT2D eigenvalue weighted by molar-refractivity contribution is 0.275. The molecule has 0 saturated carbocycles. The Morgan fingerprint density at radius 2 is 1.94 bits per heavy atom. The highest BCUT2D eigenvalue weighted by atomic mass is 127. The largest absolute Gasteiger partial charge is 0.497 e. The van der Waals surface area contributed by atoms with Crippen molar-refractivity contribution in [2.24, 2.45) is 0 Å². The number of rotatable bonds is 7. The van der Waals surface area contributed by atoms with Gasteiger partial charge in [-0.1, -0.05) is 11.8 Å². The van der Waals surface area contributed by atoms with Crippen molar-refractivity contribution in [3.63, 3.8) is 0 Å². The van der Waals surface area contributed by atoms with Crippen LogP contribution in [0.15, 0.2) is 34.6 Å². The second-order valence-electron chi connectivity index (χ2n) is 7.92. The monoisotopic (exact) mass is 610 g/mol. The minimum Gasteiger partial charge on any atom is -0.497 e. The summed E-state index contributed by atoms with van der Waals surface area (Å²) >= 11 is 3.91. The van der Waals surface area contributed by atoms with Crippen LogP contribution in [0.4, 0.5) is 5.82 Å². The third-order valence-electron chi connectivity index (χ3n) is 4.08. The molecule has 0 bridgehead atoms. The number of aromatic nitrogens is 4. The number of methoxy groups -OCH3 is 1. The summed E-state index contributed by atoms with van der Waals surface area (Å²) in [5.74, 6) is 1.22. The van der Waals surface area contributed by atoms with E-state index in [9.17, 15) is 0 Å². The Bertz CT molecular complexity index is 1130. The number of nitrogens with two attached hydrogens (primary N) is 1. The molecular weight excluding hydrogens is 582 g/mol. The van der Waals surface area contributed by atoms with Gasteiger partial charge in [0.2, 0.25) is 0 Å². The van der Waals surface area contributed by atoms with Crippen molar-refractivity contribution in [3.05, 3.63) is 28.1 Å². The maximum atomic E-state index is 8.88. The van der Waals surface area contributed by atoms with E-state index in [1.165, 1.54) is 6.33 Å². The lowest BCUT2D eigenvalue weighted by Gasteiger charge is -2.20. The quantitative estimate of drug-likeness (QED) is 0.152. The van der Waals surface area contributed by atoms with Gasteiger partial charge in [-0.05, 0) is 74.5 Å². The van der Waals surface area contributed by atoms with Crippen LogP contribution in [0.5, 0.6) is 5.75 Å². The van der Waals surface area contributed by atoms with Crippen molar-refractivity contribution < 1.29 is 24.0 Å². The van der Waals surface area contributed by atoms with E-state index in [1.807, 2.05) is 18.2 Å². The average molecular weight is 610 g/mol. The van der Waals surface area contributed by atoms with Gasteiger partial charge < -0.3 is 35.0 Å². The molecule has 0 radical (unpaired) electrons. The standard InChI is InChI=1S/C19H25IN6OS.H3O4P/c1-19(2,3)24-8-5-9-26-17-15(16(21)22-11-23-17)25-18(26)28-14-10-12(27-4)6-7-13(14)20;1-5(2,3)4/h6-7,10-11,24H,5,8-9H2,1-4H3,(H2,21,22,23);(H3,1,2,3,4). The molecule has 0 spiro atoms. The number of imidazole rings is 1. The number of halogens is 1. The van der Waals surface area contributed by atoms with Crippen molar-refractivity contribution in [1.29, 1.82) is 0 Å². The fourth-order valence-corrected chi connectivity index (χ4v) is 4.33. The molecule has 182 valence electrons. The van der Waals surface area contributed by atoms with Gasteiger partial charge >= 0.3 is 7.82 Å². The van der Waals surface area contributed by atoms with Crippen LogP contribution in [0.2, 0.25) is 0 Å². The molecule has 3 rings (SSSR count). The minimum atomic E-state index is -4.64. The van der Waals surface area contributed by atoms with Crippen molar-refractivity contribution in [2.45, 2.75) is 49.3 Å². The third-order valence-corrected chi connectivity index (χ3v) is 6.44. The van der Waals surface area contributed by atoms with Gasteiger partial charge in [-0.25, -0.2) is 19.5 Å². The van der Waals surface area contributed by atoms with Crippen LogP contribution in [-0.2, 0) is 11.1 Å². The number of benzene rings is 1. The summed E-state index contributed by atoms with van der Waals surface area (Å²) in [6.07, 6.45) is 2.45.